The van der Waals surface area contributed by atoms with Gasteiger partial charge in [0.15, 0.2) is 11.5 Å². The number of piperidine rings is 1. The molecule has 216 valence electrons. The average Bonchev–Trinajstić information content (AvgIpc) is 3.29. The highest BCUT2D eigenvalue weighted by Gasteiger charge is 2.73. The molecule has 2 aliphatic carbocycles. The molecule has 0 radical (unpaired) electrons. The van der Waals surface area contributed by atoms with Gasteiger partial charge in [-0.2, -0.15) is 0 Å². The van der Waals surface area contributed by atoms with Crippen molar-refractivity contribution >= 4 is 0 Å². The highest BCUT2D eigenvalue weighted by molar-refractivity contribution is 5.62. The molecule has 2 heterocycles. The summed E-state index contributed by atoms with van der Waals surface area (Å²) in [5, 5.41) is 23.7. The lowest BCUT2D eigenvalue weighted by molar-refractivity contribution is -0.199. The van der Waals surface area contributed by atoms with Crippen LogP contribution in [0.15, 0.2) is 55.1 Å². The first kappa shape index (κ1) is 27.8. The zero-order valence-corrected chi connectivity index (χ0v) is 24.5. The maximum Gasteiger partial charge on any atom is 0.165 e. The van der Waals surface area contributed by atoms with Crippen LogP contribution < -0.4 is 4.74 Å². The van der Waals surface area contributed by atoms with Crippen LogP contribution in [0.1, 0.15) is 75.5 Å². The van der Waals surface area contributed by atoms with Crippen molar-refractivity contribution in [2.24, 2.45) is 5.92 Å². The molecular formula is C35H48N2O3. The quantitative estimate of drug-likeness (QED) is 0.259. The molecule has 1 saturated heterocycles. The van der Waals surface area contributed by atoms with Crippen LogP contribution in [-0.4, -0.2) is 70.0 Å². The summed E-state index contributed by atoms with van der Waals surface area (Å²) in [7, 11) is 0. The highest BCUT2D eigenvalue weighted by atomic mass is 16.5. The zero-order chi connectivity index (χ0) is 27.9. The lowest BCUT2D eigenvalue weighted by Crippen LogP contribution is -2.78. The number of phenols is 1. The van der Waals surface area contributed by atoms with Gasteiger partial charge in [0.2, 0.25) is 0 Å². The third kappa shape index (κ3) is 4.49. The maximum atomic E-state index is 12.7. The number of nitrogens with zero attached hydrogens (tertiary/aromatic N) is 2. The number of aliphatic hydroxyl groups is 1. The molecule has 5 nitrogen and oxygen atoms in total. The van der Waals surface area contributed by atoms with E-state index in [0.29, 0.717) is 11.7 Å². The number of hydrogen-bond donors (Lipinski definition) is 2. The summed E-state index contributed by atoms with van der Waals surface area (Å²) in [6.45, 7) is 12.4. The maximum absolute atomic E-state index is 12.7. The number of aromatic hydroxyl groups is 1. The van der Waals surface area contributed by atoms with Crippen molar-refractivity contribution in [3.05, 3.63) is 71.8 Å². The molecule has 1 saturated carbocycles. The second kappa shape index (κ2) is 11.2. The number of benzene rings is 2. The van der Waals surface area contributed by atoms with Gasteiger partial charge < -0.3 is 14.9 Å². The molecule has 2 fully saturated rings. The molecule has 2 aromatic rings. The first-order valence-corrected chi connectivity index (χ1v) is 15.8. The Bertz CT molecular complexity index is 1200. The van der Waals surface area contributed by atoms with Gasteiger partial charge in [0.05, 0.1) is 11.0 Å². The van der Waals surface area contributed by atoms with Crippen LogP contribution in [-0.2, 0) is 18.3 Å². The third-order valence-corrected chi connectivity index (χ3v) is 10.5. The summed E-state index contributed by atoms with van der Waals surface area (Å²) in [6, 6.07) is 15.0. The fourth-order valence-corrected chi connectivity index (χ4v) is 8.87. The van der Waals surface area contributed by atoms with Gasteiger partial charge in [-0.05, 0) is 81.1 Å². The van der Waals surface area contributed by atoms with Crippen LogP contribution in [0.25, 0.3) is 0 Å². The third-order valence-electron chi connectivity index (χ3n) is 10.5. The summed E-state index contributed by atoms with van der Waals surface area (Å²) in [5.41, 5.74) is 2.47. The standard InChI is InChI=1S/C35H48N2O3/c1-4-20-36-22-19-34-31-27-15-16-29(38)32(31)40-33(34)28(17-18-35(34,39)30(36)23-27)37(24-25(2)3)21-11-6-5-8-12-26-13-9-7-10-14-26/h4,7,9-10,13-16,25,28,30,33,38-39H,1,5-6,8,11-12,17-24H2,2-3H3/t28-,30+,33-,34-,35+/m0/s1. The van der Waals surface area contributed by atoms with Crippen molar-refractivity contribution in [1.29, 1.82) is 0 Å². The summed E-state index contributed by atoms with van der Waals surface area (Å²) in [4.78, 5) is 5.12. The number of ether oxygens (including phenoxy) is 1. The van der Waals surface area contributed by atoms with Crippen molar-refractivity contribution in [3.8, 4) is 11.5 Å². The van der Waals surface area contributed by atoms with Gasteiger partial charge >= 0.3 is 0 Å². The lowest BCUT2D eigenvalue weighted by Gasteiger charge is -2.65. The monoisotopic (exact) mass is 544 g/mol. The fraction of sp³-hybridized carbons (Fsp3) is 0.600. The predicted octanol–water partition coefficient (Wildman–Crippen LogP) is 5.86. The topological polar surface area (TPSA) is 56.2 Å². The Morgan fingerprint density at radius 2 is 1.90 bits per heavy atom. The van der Waals surface area contributed by atoms with Gasteiger partial charge in [0.25, 0.3) is 0 Å². The Labute approximate surface area is 240 Å². The summed E-state index contributed by atoms with van der Waals surface area (Å²) < 4.78 is 6.85. The van der Waals surface area contributed by atoms with Gasteiger partial charge in [-0.3, -0.25) is 9.80 Å². The molecule has 2 N–H and O–H groups in total. The Hall–Kier alpha value is -2.34. The van der Waals surface area contributed by atoms with E-state index in [-0.39, 0.29) is 23.9 Å². The van der Waals surface area contributed by atoms with E-state index in [0.717, 1.165) is 63.8 Å². The van der Waals surface area contributed by atoms with E-state index in [1.165, 1.54) is 36.8 Å². The van der Waals surface area contributed by atoms with E-state index >= 15 is 0 Å². The van der Waals surface area contributed by atoms with Gasteiger partial charge in [0, 0.05) is 30.7 Å². The largest absolute Gasteiger partial charge is 0.504 e. The first-order valence-electron chi connectivity index (χ1n) is 15.8. The molecule has 0 amide bonds. The number of likely N-dealkylation sites (tertiary alicyclic amines) is 1. The summed E-state index contributed by atoms with van der Waals surface area (Å²) >= 11 is 0. The van der Waals surface area contributed by atoms with Crippen LogP contribution in [0.2, 0.25) is 0 Å². The number of aryl methyl sites for hydroxylation is 1. The smallest absolute Gasteiger partial charge is 0.165 e. The van der Waals surface area contributed by atoms with Gasteiger partial charge in [-0.1, -0.05) is 69.2 Å². The number of phenolic OH excluding ortho intramolecular Hbond substituents is 1. The minimum atomic E-state index is -0.859. The van der Waals surface area contributed by atoms with E-state index in [9.17, 15) is 10.2 Å². The average molecular weight is 545 g/mol. The van der Waals surface area contributed by atoms with E-state index in [2.05, 4.69) is 66.6 Å². The second-order valence-electron chi connectivity index (χ2n) is 13.3. The van der Waals surface area contributed by atoms with Gasteiger partial charge in [-0.15, -0.1) is 6.58 Å². The Kier molecular flexibility index (Phi) is 7.75. The van der Waals surface area contributed by atoms with E-state index in [4.69, 9.17) is 4.74 Å². The SMILES string of the molecule is C=CCN1CC[C@]23c4c5ccc(O)c4O[C@H]2[C@@H](N(CCCCCCc2ccccc2)CC(C)C)CC[C@@]3(O)[C@H]1C5. The van der Waals surface area contributed by atoms with Crippen LogP contribution in [0, 0.1) is 5.92 Å². The second-order valence-corrected chi connectivity index (χ2v) is 13.3. The van der Waals surface area contributed by atoms with Crippen molar-refractivity contribution in [1.82, 2.24) is 9.80 Å². The number of unbranched alkanes of at least 4 members (excludes halogenated alkanes) is 3. The molecule has 6 rings (SSSR count). The molecule has 2 aliphatic heterocycles. The summed E-state index contributed by atoms with van der Waals surface area (Å²) in [6.07, 6.45) is 11.2. The minimum Gasteiger partial charge on any atom is -0.504 e. The lowest BCUT2D eigenvalue weighted by atomic mass is 9.48. The van der Waals surface area contributed by atoms with Crippen LogP contribution in [0.5, 0.6) is 11.5 Å². The molecule has 0 aromatic heterocycles. The normalized spacial score (nSPS) is 30.4. The molecule has 4 aliphatic rings. The van der Waals surface area contributed by atoms with E-state index in [1.807, 2.05) is 6.08 Å². The number of rotatable bonds is 12. The van der Waals surface area contributed by atoms with E-state index in [1.54, 1.807) is 6.07 Å². The fourth-order valence-electron chi connectivity index (χ4n) is 8.87. The van der Waals surface area contributed by atoms with Crippen molar-refractivity contribution < 1.29 is 14.9 Å². The van der Waals surface area contributed by atoms with Crippen molar-refractivity contribution in [3.63, 3.8) is 0 Å². The van der Waals surface area contributed by atoms with Crippen LogP contribution in [0.3, 0.4) is 0 Å². The molecule has 1 spiro atoms. The first-order chi connectivity index (χ1) is 19.4. The van der Waals surface area contributed by atoms with Gasteiger partial charge in [-0.25, -0.2) is 0 Å². The Morgan fingerprint density at radius 3 is 2.67 bits per heavy atom. The Balaban J connectivity index is 1.23. The number of hydrogen-bond acceptors (Lipinski definition) is 5. The van der Waals surface area contributed by atoms with Crippen molar-refractivity contribution in [2.75, 3.05) is 26.2 Å². The molecule has 5 heteroatoms. The van der Waals surface area contributed by atoms with Crippen LogP contribution in [0.4, 0.5) is 0 Å². The Morgan fingerprint density at radius 1 is 1.10 bits per heavy atom. The molecule has 2 aromatic carbocycles. The molecular weight excluding hydrogens is 496 g/mol. The van der Waals surface area contributed by atoms with Crippen LogP contribution >= 0.6 is 0 Å². The van der Waals surface area contributed by atoms with Gasteiger partial charge in [0.1, 0.15) is 6.10 Å². The predicted molar refractivity (Wildman–Crippen MR) is 161 cm³/mol. The molecule has 5 atom stereocenters. The van der Waals surface area contributed by atoms with Crippen molar-refractivity contribution in [2.45, 2.75) is 101 Å². The summed E-state index contributed by atoms with van der Waals surface area (Å²) in [5.74, 6) is 1.43. The highest BCUT2D eigenvalue weighted by Crippen LogP contribution is 2.65. The molecule has 0 unspecified atom stereocenters. The molecule has 40 heavy (non-hydrogen) atoms. The van der Waals surface area contributed by atoms with E-state index < -0.39 is 11.0 Å². The molecule has 2 bridgehead atoms. The zero-order valence-electron chi connectivity index (χ0n) is 24.5. The minimum absolute atomic E-state index is 0.0532.